The second kappa shape index (κ2) is 5.04. The molecule has 2 aromatic carbocycles. The van der Waals surface area contributed by atoms with E-state index in [0.717, 1.165) is 23.3 Å². The largest absolute Gasteiger partial charge is 0.488 e. The monoisotopic (exact) mass is 293 g/mol. The van der Waals surface area contributed by atoms with E-state index in [2.05, 4.69) is 6.07 Å². The molecule has 0 radical (unpaired) electrons. The minimum Gasteiger partial charge on any atom is -0.488 e. The second-order valence-electron chi connectivity index (χ2n) is 4.63. The van der Waals surface area contributed by atoms with Crippen molar-refractivity contribution in [2.24, 2.45) is 5.73 Å². The smallest absolute Gasteiger partial charge is 0.130 e. The van der Waals surface area contributed by atoms with Gasteiger partial charge in [0.25, 0.3) is 0 Å². The molecule has 2 N–H and O–H groups in total. The fourth-order valence-electron chi connectivity index (χ4n) is 2.41. The molecule has 2 aromatic rings. The second-order valence-corrected chi connectivity index (χ2v) is 5.50. The lowest BCUT2D eigenvalue weighted by atomic mass is 10.0. The summed E-state index contributed by atoms with van der Waals surface area (Å²) in [7, 11) is 0. The number of rotatable bonds is 2. The van der Waals surface area contributed by atoms with Crippen LogP contribution in [0.1, 0.15) is 5.56 Å². The zero-order valence-corrected chi connectivity index (χ0v) is 11.7. The molecule has 0 saturated heterocycles. The SMILES string of the molecule is NC[C@H]1Cc2cccc(-c3cc(Cl)cc(Cl)c3)c2O1. The maximum absolute atomic E-state index is 6.06. The number of hydrogen-bond acceptors (Lipinski definition) is 2. The molecule has 0 saturated carbocycles. The van der Waals surface area contributed by atoms with Gasteiger partial charge in [0.15, 0.2) is 0 Å². The Balaban J connectivity index is 2.10. The zero-order valence-electron chi connectivity index (χ0n) is 10.2. The molecule has 0 amide bonds. The fraction of sp³-hybridized carbons (Fsp3) is 0.200. The van der Waals surface area contributed by atoms with Crippen LogP contribution in [-0.4, -0.2) is 12.6 Å². The Morgan fingerprint density at radius 1 is 1.16 bits per heavy atom. The molecule has 0 fully saturated rings. The number of halogens is 2. The Labute approximate surface area is 122 Å². The van der Waals surface area contributed by atoms with Gasteiger partial charge in [0, 0.05) is 28.6 Å². The molecular weight excluding hydrogens is 281 g/mol. The highest BCUT2D eigenvalue weighted by Gasteiger charge is 2.24. The molecule has 1 aliphatic rings. The highest BCUT2D eigenvalue weighted by molar-refractivity contribution is 6.35. The maximum atomic E-state index is 6.06. The molecule has 1 atom stereocenters. The lowest BCUT2D eigenvalue weighted by molar-refractivity contribution is 0.242. The molecular formula is C15H13Cl2NO. The van der Waals surface area contributed by atoms with Crippen LogP contribution < -0.4 is 10.5 Å². The van der Waals surface area contributed by atoms with E-state index in [4.69, 9.17) is 33.7 Å². The van der Waals surface area contributed by atoms with Crippen LogP contribution in [0.3, 0.4) is 0 Å². The fourth-order valence-corrected chi connectivity index (χ4v) is 2.93. The van der Waals surface area contributed by atoms with E-state index in [-0.39, 0.29) is 6.10 Å². The number of nitrogens with two attached hydrogens (primary N) is 1. The van der Waals surface area contributed by atoms with Gasteiger partial charge in [0.2, 0.25) is 0 Å². The first kappa shape index (κ1) is 12.8. The summed E-state index contributed by atoms with van der Waals surface area (Å²) in [6, 6.07) is 11.6. The van der Waals surface area contributed by atoms with Crippen LogP contribution in [0.2, 0.25) is 10.0 Å². The molecule has 19 heavy (non-hydrogen) atoms. The van der Waals surface area contributed by atoms with Gasteiger partial charge >= 0.3 is 0 Å². The van der Waals surface area contributed by atoms with Crippen LogP contribution in [0.25, 0.3) is 11.1 Å². The van der Waals surface area contributed by atoms with Crippen molar-refractivity contribution in [3.8, 4) is 16.9 Å². The summed E-state index contributed by atoms with van der Waals surface area (Å²) in [5.74, 6) is 0.899. The summed E-state index contributed by atoms with van der Waals surface area (Å²) in [4.78, 5) is 0. The average molecular weight is 294 g/mol. The van der Waals surface area contributed by atoms with Crippen molar-refractivity contribution in [1.82, 2.24) is 0 Å². The summed E-state index contributed by atoms with van der Waals surface area (Å²) < 4.78 is 5.91. The first-order chi connectivity index (χ1) is 9.17. The van der Waals surface area contributed by atoms with E-state index in [1.165, 1.54) is 5.56 Å². The first-order valence-electron chi connectivity index (χ1n) is 6.12. The normalized spacial score (nSPS) is 17.1. The van der Waals surface area contributed by atoms with Gasteiger partial charge in [0.1, 0.15) is 11.9 Å². The Morgan fingerprint density at radius 3 is 2.58 bits per heavy atom. The van der Waals surface area contributed by atoms with Crippen LogP contribution in [0, 0.1) is 0 Å². The van der Waals surface area contributed by atoms with Crippen LogP contribution in [0.5, 0.6) is 5.75 Å². The van der Waals surface area contributed by atoms with Crippen LogP contribution in [0.15, 0.2) is 36.4 Å². The molecule has 1 heterocycles. The Bertz CT molecular complexity index is 607. The van der Waals surface area contributed by atoms with Gasteiger partial charge in [-0.05, 0) is 29.3 Å². The van der Waals surface area contributed by atoms with Gasteiger partial charge in [-0.3, -0.25) is 0 Å². The standard InChI is InChI=1S/C15H13Cl2NO/c16-11-4-10(5-12(17)7-11)14-3-1-2-9-6-13(8-18)19-15(9)14/h1-5,7,13H,6,8,18H2/t13-/m1/s1. The van der Waals surface area contributed by atoms with Crippen molar-refractivity contribution in [1.29, 1.82) is 0 Å². The van der Waals surface area contributed by atoms with E-state index in [0.29, 0.717) is 16.6 Å². The Morgan fingerprint density at radius 2 is 1.89 bits per heavy atom. The summed E-state index contributed by atoms with van der Waals surface area (Å²) in [5.41, 5.74) is 8.84. The van der Waals surface area contributed by atoms with Crippen LogP contribution in [0.4, 0.5) is 0 Å². The number of para-hydroxylation sites is 1. The molecule has 0 spiro atoms. The highest BCUT2D eigenvalue weighted by atomic mass is 35.5. The van der Waals surface area contributed by atoms with E-state index < -0.39 is 0 Å². The molecule has 4 heteroatoms. The number of fused-ring (bicyclic) bond motifs is 1. The average Bonchev–Trinajstić information content (AvgIpc) is 2.80. The maximum Gasteiger partial charge on any atom is 0.130 e. The predicted molar refractivity (Wildman–Crippen MR) is 79.1 cm³/mol. The van der Waals surface area contributed by atoms with Crippen molar-refractivity contribution in [2.45, 2.75) is 12.5 Å². The minimum atomic E-state index is 0.0609. The summed E-state index contributed by atoms with van der Waals surface area (Å²) >= 11 is 12.1. The Hall–Kier alpha value is -1.22. The first-order valence-corrected chi connectivity index (χ1v) is 6.88. The van der Waals surface area contributed by atoms with Gasteiger partial charge in [-0.1, -0.05) is 41.4 Å². The molecule has 98 valence electrons. The lowest BCUT2D eigenvalue weighted by Crippen LogP contribution is -2.24. The molecule has 0 aromatic heterocycles. The van der Waals surface area contributed by atoms with Crippen molar-refractivity contribution in [3.63, 3.8) is 0 Å². The van der Waals surface area contributed by atoms with Crippen molar-refractivity contribution < 1.29 is 4.74 Å². The molecule has 0 bridgehead atoms. The van der Waals surface area contributed by atoms with Crippen LogP contribution in [-0.2, 0) is 6.42 Å². The van der Waals surface area contributed by atoms with Gasteiger partial charge < -0.3 is 10.5 Å². The Kier molecular flexibility index (Phi) is 3.40. The van der Waals surface area contributed by atoms with Crippen molar-refractivity contribution in [3.05, 3.63) is 52.0 Å². The summed E-state index contributed by atoms with van der Waals surface area (Å²) in [6.07, 6.45) is 0.916. The van der Waals surface area contributed by atoms with E-state index in [1.807, 2.05) is 24.3 Å². The molecule has 2 nitrogen and oxygen atoms in total. The third-order valence-corrected chi connectivity index (χ3v) is 3.70. The number of ether oxygens (including phenoxy) is 1. The third kappa shape index (κ3) is 2.44. The molecule has 0 unspecified atom stereocenters. The highest BCUT2D eigenvalue weighted by Crippen LogP contribution is 2.40. The molecule has 3 rings (SSSR count). The van der Waals surface area contributed by atoms with E-state index >= 15 is 0 Å². The zero-order chi connectivity index (χ0) is 13.4. The topological polar surface area (TPSA) is 35.2 Å². The molecule has 0 aliphatic carbocycles. The van der Waals surface area contributed by atoms with E-state index in [9.17, 15) is 0 Å². The lowest BCUT2D eigenvalue weighted by Gasteiger charge is -2.11. The van der Waals surface area contributed by atoms with Gasteiger partial charge in [0.05, 0.1) is 0 Å². The van der Waals surface area contributed by atoms with Crippen molar-refractivity contribution >= 4 is 23.2 Å². The third-order valence-electron chi connectivity index (χ3n) is 3.27. The van der Waals surface area contributed by atoms with Crippen molar-refractivity contribution in [2.75, 3.05) is 6.54 Å². The van der Waals surface area contributed by atoms with Gasteiger partial charge in [-0.25, -0.2) is 0 Å². The van der Waals surface area contributed by atoms with Crippen LogP contribution >= 0.6 is 23.2 Å². The van der Waals surface area contributed by atoms with Gasteiger partial charge in [-0.15, -0.1) is 0 Å². The minimum absolute atomic E-state index is 0.0609. The number of benzene rings is 2. The summed E-state index contributed by atoms with van der Waals surface area (Å²) in [5, 5.41) is 1.24. The molecule has 1 aliphatic heterocycles. The summed E-state index contributed by atoms with van der Waals surface area (Å²) in [6.45, 7) is 0.518. The van der Waals surface area contributed by atoms with Gasteiger partial charge in [-0.2, -0.15) is 0 Å². The predicted octanol–water partition coefficient (Wildman–Crippen LogP) is 3.92. The number of hydrogen-bond donors (Lipinski definition) is 1. The quantitative estimate of drug-likeness (QED) is 0.911. The van der Waals surface area contributed by atoms with E-state index in [1.54, 1.807) is 6.07 Å².